The summed E-state index contributed by atoms with van der Waals surface area (Å²) in [6.07, 6.45) is 3.43. The molecule has 1 aromatic heterocycles. The maximum absolute atomic E-state index is 11.9. The number of hydrogen-bond donors (Lipinski definition) is 1. The standard InChI is InChI=1S/C13H15N3O3/c1-16-7-9(6-15-16)8-19-13(17)10-3-11(14)5-12(4-10)18-2/h3-7H,8,14H2,1-2H3. The SMILES string of the molecule is COc1cc(N)cc(C(=O)OCc2cnn(C)c2)c1. The summed E-state index contributed by atoms with van der Waals surface area (Å²) in [6, 6.07) is 4.77. The number of nitrogen functional groups attached to an aromatic ring is 1. The van der Waals surface area contributed by atoms with Gasteiger partial charge in [-0.05, 0) is 12.1 Å². The zero-order valence-corrected chi connectivity index (χ0v) is 10.8. The Labute approximate surface area is 110 Å². The van der Waals surface area contributed by atoms with Gasteiger partial charge in [0.25, 0.3) is 0 Å². The molecule has 6 heteroatoms. The van der Waals surface area contributed by atoms with Crippen molar-refractivity contribution in [1.29, 1.82) is 0 Å². The maximum Gasteiger partial charge on any atom is 0.338 e. The van der Waals surface area contributed by atoms with Crippen molar-refractivity contribution in [2.75, 3.05) is 12.8 Å². The van der Waals surface area contributed by atoms with Crippen LogP contribution in [0, 0.1) is 0 Å². The van der Waals surface area contributed by atoms with Crippen molar-refractivity contribution in [2.24, 2.45) is 7.05 Å². The van der Waals surface area contributed by atoms with Gasteiger partial charge in [-0.3, -0.25) is 4.68 Å². The molecule has 19 heavy (non-hydrogen) atoms. The van der Waals surface area contributed by atoms with E-state index in [0.29, 0.717) is 17.0 Å². The van der Waals surface area contributed by atoms with E-state index in [0.717, 1.165) is 5.56 Å². The summed E-state index contributed by atoms with van der Waals surface area (Å²) in [5.41, 5.74) is 7.32. The number of rotatable bonds is 4. The van der Waals surface area contributed by atoms with Crippen molar-refractivity contribution in [3.8, 4) is 5.75 Å². The van der Waals surface area contributed by atoms with Crippen molar-refractivity contribution < 1.29 is 14.3 Å². The van der Waals surface area contributed by atoms with Crippen LogP contribution in [0.15, 0.2) is 30.6 Å². The van der Waals surface area contributed by atoms with Gasteiger partial charge in [-0.2, -0.15) is 5.10 Å². The molecule has 0 saturated heterocycles. The largest absolute Gasteiger partial charge is 0.497 e. The molecule has 0 aliphatic heterocycles. The first-order valence-electron chi connectivity index (χ1n) is 5.67. The van der Waals surface area contributed by atoms with Crippen molar-refractivity contribution in [3.05, 3.63) is 41.7 Å². The van der Waals surface area contributed by atoms with Crippen molar-refractivity contribution in [1.82, 2.24) is 9.78 Å². The highest BCUT2D eigenvalue weighted by atomic mass is 16.5. The van der Waals surface area contributed by atoms with Crippen LogP contribution in [0.1, 0.15) is 15.9 Å². The van der Waals surface area contributed by atoms with Gasteiger partial charge >= 0.3 is 5.97 Å². The van der Waals surface area contributed by atoms with Crippen molar-refractivity contribution in [3.63, 3.8) is 0 Å². The van der Waals surface area contributed by atoms with E-state index in [-0.39, 0.29) is 6.61 Å². The lowest BCUT2D eigenvalue weighted by molar-refractivity contribution is 0.0472. The number of hydrogen-bond acceptors (Lipinski definition) is 5. The zero-order valence-electron chi connectivity index (χ0n) is 10.8. The normalized spacial score (nSPS) is 10.2. The Morgan fingerprint density at radius 2 is 2.21 bits per heavy atom. The first-order valence-corrected chi connectivity index (χ1v) is 5.67. The number of benzene rings is 1. The molecule has 0 unspecified atom stereocenters. The topological polar surface area (TPSA) is 79.4 Å². The first-order chi connectivity index (χ1) is 9.08. The molecule has 2 N–H and O–H groups in total. The molecular formula is C13H15N3O3. The lowest BCUT2D eigenvalue weighted by atomic mass is 10.2. The highest BCUT2D eigenvalue weighted by molar-refractivity contribution is 5.91. The third-order valence-electron chi connectivity index (χ3n) is 2.53. The average Bonchev–Trinajstić information content (AvgIpc) is 2.81. The van der Waals surface area contributed by atoms with Crippen LogP contribution in [-0.2, 0) is 18.4 Å². The van der Waals surface area contributed by atoms with E-state index < -0.39 is 5.97 Å². The van der Waals surface area contributed by atoms with E-state index >= 15 is 0 Å². The molecule has 0 amide bonds. The van der Waals surface area contributed by atoms with Crippen LogP contribution in [0.5, 0.6) is 5.75 Å². The molecule has 0 saturated carbocycles. The summed E-state index contributed by atoms with van der Waals surface area (Å²) >= 11 is 0. The molecule has 1 aromatic carbocycles. The third kappa shape index (κ3) is 3.25. The van der Waals surface area contributed by atoms with Gasteiger partial charge in [-0.25, -0.2) is 4.79 Å². The maximum atomic E-state index is 11.9. The van der Waals surface area contributed by atoms with E-state index in [4.69, 9.17) is 15.2 Å². The van der Waals surface area contributed by atoms with Crippen LogP contribution >= 0.6 is 0 Å². The highest BCUT2D eigenvalue weighted by Gasteiger charge is 2.10. The molecule has 0 aliphatic rings. The Balaban J connectivity index is 2.05. The fourth-order valence-corrected chi connectivity index (χ4v) is 1.64. The van der Waals surface area contributed by atoms with Gasteiger partial charge in [0.05, 0.1) is 18.9 Å². The number of esters is 1. The highest BCUT2D eigenvalue weighted by Crippen LogP contribution is 2.19. The molecule has 1 heterocycles. The Morgan fingerprint density at radius 3 is 2.84 bits per heavy atom. The fourth-order valence-electron chi connectivity index (χ4n) is 1.64. The Kier molecular flexibility index (Phi) is 3.70. The van der Waals surface area contributed by atoms with E-state index in [2.05, 4.69) is 5.10 Å². The summed E-state index contributed by atoms with van der Waals surface area (Å²) < 4.78 is 11.9. The van der Waals surface area contributed by atoms with E-state index in [9.17, 15) is 4.79 Å². The molecule has 0 bridgehead atoms. The molecule has 0 atom stereocenters. The van der Waals surface area contributed by atoms with Crippen LogP contribution in [-0.4, -0.2) is 22.9 Å². The smallest absolute Gasteiger partial charge is 0.338 e. The monoisotopic (exact) mass is 261 g/mol. The summed E-state index contributed by atoms with van der Waals surface area (Å²) in [4.78, 5) is 11.9. The summed E-state index contributed by atoms with van der Waals surface area (Å²) in [6.45, 7) is 0.170. The minimum atomic E-state index is -0.450. The van der Waals surface area contributed by atoms with Gasteiger partial charge in [0.1, 0.15) is 12.4 Å². The number of aryl methyl sites for hydroxylation is 1. The molecule has 0 aliphatic carbocycles. The van der Waals surface area contributed by atoms with E-state index in [1.807, 2.05) is 0 Å². The summed E-state index contributed by atoms with van der Waals surface area (Å²) in [5, 5.41) is 3.99. The number of carbonyl (C=O) groups is 1. The molecule has 2 aromatic rings. The van der Waals surface area contributed by atoms with E-state index in [1.54, 1.807) is 42.3 Å². The number of carbonyl (C=O) groups excluding carboxylic acids is 1. The zero-order chi connectivity index (χ0) is 13.8. The second-order valence-corrected chi connectivity index (χ2v) is 4.09. The Bertz CT molecular complexity index is 593. The molecular weight excluding hydrogens is 246 g/mol. The van der Waals surface area contributed by atoms with Gasteiger partial charge in [-0.1, -0.05) is 0 Å². The molecule has 100 valence electrons. The Hall–Kier alpha value is -2.50. The lowest BCUT2D eigenvalue weighted by Crippen LogP contribution is -2.06. The fraction of sp³-hybridized carbons (Fsp3) is 0.231. The quantitative estimate of drug-likeness (QED) is 0.664. The molecule has 0 radical (unpaired) electrons. The average molecular weight is 261 g/mol. The second kappa shape index (κ2) is 5.43. The van der Waals surface area contributed by atoms with Gasteiger partial charge in [0.15, 0.2) is 0 Å². The third-order valence-corrected chi connectivity index (χ3v) is 2.53. The van der Waals surface area contributed by atoms with Crippen LogP contribution in [0.4, 0.5) is 5.69 Å². The van der Waals surface area contributed by atoms with Crippen LogP contribution < -0.4 is 10.5 Å². The van der Waals surface area contributed by atoms with Crippen molar-refractivity contribution in [2.45, 2.75) is 6.61 Å². The van der Waals surface area contributed by atoms with Gasteiger partial charge < -0.3 is 15.2 Å². The number of nitrogens with two attached hydrogens (primary N) is 1. The second-order valence-electron chi connectivity index (χ2n) is 4.09. The number of nitrogens with zero attached hydrogens (tertiary/aromatic N) is 2. The predicted molar refractivity (Wildman–Crippen MR) is 69.7 cm³/mol. The van der Waals surface area contributed by atoms with Crippen LogP contribution in [0.25, 0.3) is 0 Å². The summed E-state index contributed by atoms with van der Waals surface area (Å²) in [7, 11) is 3.31. The van der Waals surface area contributed by atoms with Gasteiger partial charge in [0.2, 0.25) is 0 Å². The molecule has 0 fully saturated rings. The number of anilines is 1. The minimum absolute atomic E-state index is 0.170. The molecule has 6 nitrogen and oxygen atoms in total. The number of ether oxygens (including phenoxy) is 2. The van der Waals surface area contributed by atoms with Gasteiger partial charge in [-0.15, -0.1) is 0 Å². The molecule has 0 spiro atoms. The lowest BCUT2D eigenvalue weighted by Gasteiger charge is -2.06. The molecule has 2 rings (SSSR count). The van der Waals surface area contributed by atoms with Crippen LogP contribution in [0.2, 0.25) is 0 Å². The number of aromatic nitrogens is 2. The Morgan fingerprint density at radius 1 is 1.42 bits per heavy atom. The van der Waals surface area contributed by atoms with Crippen LogP contribution in [0.3, 0.4) is 0 Å². The summed E-state index contributed by atoms with van der Waals surface area (Å²) in [5.74, 6) is 0.0720. The van der Waals surface area contributed by atoms with E-state index in [1.165, 1.54) is 7.11 Å². The van der Waals surface area contributed by atoms with Gasteiger partial charge in [0, 0.05) is 30.6 Å². The minimum Gasteiger partial charge on any atom is -0.497 e. The predicted octanol–water partition coefficient (Wildman–Crippen LogP) is 1.37. The first kappa shape index (κ1) is 12.9. The number of methoxy groups -OCH3 is 1. The van der Waals surface area contributed by atoms with Crippen molar-refractivity contribution >= 4 is 11.7 Å².